The molecule has 4 heteroatoms. The molecule has 112 valence electrons. The van der Waals surface area contributed by atoms with Crippen molar-refractivity contribution in [1.82, 2.24) is 14.9 Å². The topological polar surface area (TPSA) is 55.0 Å². The summed E-state index contributed by atoms with van der Waals surface area (Å²) in [5.41, 5.74) is 8.68. The molecule has 0 spiro atoms. The fourth-order valence-corrected chi connectivity index (χ4v) is 2.58. The molecule has 0 bridgehead atoms. The van der Waals surface area contributed by atoms with Crippen LogP contribution in [0.25, 0.3) is 0 Å². The van der Waals surface area contributed by atoms with Crippen LogP contribution in [-0.2, 0) is 6.54 Å². The van der Waals surface area contributed by atoms with Gasteiger partial charge in [0.2, 0.25) is 0 Å². The lowest BCUT2D eigenvalue weighted by Crippen LogP contribution is -2.41. The van der Waals surface area contributed by atoms with Crippen LogP contribution < -0.4 is 5.73 Å². The largest absolute Gasteiger partial charge is 0.326 e. The number of nitrogens with zero attached hydrogens (tertiary/aromatic N) is 3. The molecule has 21 heavy (non-hydrogen) atoms. The first-order chi connectivity index (χ1) is 10.3. The van der Waals surface area contributed by atoms with Crippen LogP contribution in [0, 0.1) is 0 Å². The van der Waals surface area contributed by atoms with Crippen LogP contribution >= 0.6 is 0 Å². The predicted molar refractivity (Wildman–Crippen MR) is 85.6 cm³/mol. The summed E-state index contributed by atoms with van der Waals surface area (Å²) in [6.45, 7) is 6.08. The van der Waals surface area contributed by atoms with Crippen LogP contribution in [0.2, 0.25) is 0 Å². The average molecular weight is 284 g/mol. The standard InChI is InChI=1S/C17H24N4/c1-3-15(18)17(16-7-5-6-10-20-16)21(4-2)13-14-8-11-19-12-9-14/h5-12,15,17H,3-4,13,18H2,1-2H3. The Morgan fingerprint density at radius 1 is 1.10 bits per heavy atom. The van der Waals surface area contributed by atoms with Crippen LogP contribution in [0.1, 0.15) is 37.6 Å². The molecule has 2 unspecified atom stereocenters. The first-order valence-electron chi connectivity index (χ1n) is 7.55. The van der Waals surface area contributed by atoms with Crippen LogP contribution in [0.3, 0.4) is 0 Å². The SMILES string of the molecule is CCC(N)C(c1ccccn1)N(CC)Cc1ccncc1. The highest BCUT2D eigenvalue weighted by Gasteiger charge is 2.25. The van der Waals surface area contributed by atoms with Gasteiger partial charge in [-0.2, -0.15) is 0 Å². The van der Waals surface area contributed by atoms with Crippen molar-refractivity contribution in [2.45, 2.75) is 38.9 Å². The maximum absolute atomic E-state index is 6.39. The van der Waals surface area contributed by atoms with Crippen molar-refractivity contribution >= 4 is 0 Å². The maximum Gasteiger partial charge on any atom is 0.0676 e. The van der Waals surface area contributed by atoms with E-state index in [4.69, 9.17) is 5.73 Å². The summed E-state index contributed by atoms with van der Waals surface area (Å²) in [6, 6.07) is 10.3. The van der Waals surface area contributed by atoms with Gasteiger partial charge in [0.1, 0.15) is 0 Å². The van der Waals surface area contributed by atoms with Gasteiger partial charge in [-0.1, -0.05) is 19.9 Å². The number of hydrogen-bond donors (Lipinski definition) is 1. The van der Waals surface area contributed by atoms with E-state index in [1.807, 2.05) is 30.7 Å². The molecule has 2 N–H and O–H groups in total. The number of pyridine rings is 2. The molecule has 2 atom stereocenters. The summed E-state index contributed by atoms with van der Waals surface area (Å²) in [4.78, 5) is 11.0. The zero-order valence-corrected chi connectivity index (χ0v) is 12.8. The summed E-state index contributed by atoms with van der Waals surface area (Å²) in [5, 5.41) is 0. The fourth-order valence-electron chi connectivity index (χ4n) is 2.58. The van der Waals surface area contributed by atoms with Crippen molar-refractivity contribution in [3.63, 3.8) is 0 Å². The normalized spacial score (nSPS) is 14.1. The Bertz CT molecular complexity index is 515. The lowest BCUT2D eigenvalue weighted by Gasteiger charge is -2.34. The molecule has 0 radical (unpaired) electrons. The van der Waals surface area contributed by atoms with Gasteiger partial charge >= 0.3 is 0 Å². The highest BCUT2D eigenvalue weighted by molar-refractivity contribution is 5.14. The monoisotopic (exact) mass is 284 g/mol. The number of hydrogen-bond acceptors (Lipinski definition) is 4. The molecule has 4 nitrogen and oxygen atoms in total. The molecular weight excluding hydrogens is 260 g/mol. The minimum Gasteiger partial charge on any atom is -0.326 e. The molecule has 0 fully saturated rings. The molecular formula is C17H24N4. The van der Waals surface area contributed by atoms with E-state index in [1.54, 1.807) is 0 Å². The van der Waals surface area contributed by atoms with E-state index in [2.05, 4.69) is 46.9 Å². The van der Waals surface area contributed by atoms with E-state index in [1.165, 1.54) is 5.56 Å². The fraction of sp³-hybridized carbons (Fsp3) is 0.412. The molecule has 2 heterocycles. The Hall–Kier alpha value is -1.78. The van der Waals surface area contributed by atoms with Gasteiger partial charge in [-0.25, -0.2) is 0 Å². The molecule has 2 aromatic rings. The van der Waals surface area contributed by atoms with Gasteiger partial charge < -0.3 is 5.73 Å². The van der Waals surface area contributed by atoms with E-state index >= 15 is 0 Å². The average Bonchev–Trinajstić information content (AvgIpc) is 2.56. The van der Waals surface area contributed by atoms with E-state index in [-0.39, 0.29) is 12.1 Å². The number of aromatic nitrogens is 2. The van der Waals surface area contributed by atoms with Crippen molar-refractivity contribution in [2.75, 3.05) is 6.54 Å². The Kier molecular flexibility index (Phi) is 5.84. The molecule has 0 saturated heterocycles. The van der Waals surface area contributed by atoms with Crippen LogP contribution in [0.5, 0.6) is 0 Å². The molecule has 2 aromatic heterocycles. The third-order valence-corrected chi connectivity index (χ3v) is 3.80. The highest BCUT2D eigenvalue weighted by atomic mass is 15.2. The van der Waals surface area contributed by atoms with Gasteiger partial charge in [0.25, 0.3) is 0 Å². The first kappa shape index (κ1) is 15.6. The minimum atomic E-state index is 0.0710. The van der Waals surface area contributed by atoms with Crippen molar-refractivity contribution in [1.29, 1.82) is 0 Å². The second kappa shape index (κ2) is 7.86. The molecule has 0 aliphatic rings. The molecule has 0 aromatic carbocycles. The van der Waals surface area contributed by atoms with Gasteiger partial charge in [-0.15, -0.1) is 0 Å². The molecule has 2 rings (SSSR count). The van der Waals surface area contributed by atoms with Crippen molar-refractivity contribution < 1.29 is 0 Å². The van der Waals surface area contributed by atoms with Gasteiger partial charge in [0.15, 0.2) is 0 Å². The summed E-state index contributed by atoms with van der Waals surface area (Å²) in [5.74, 6) is 0. The number of rotatable bonds is 7. The summed E-state index contributed by atoms with van der Waals surface area (Å²) in [6.07, 6.45) is 6.43. The van der Waals surface area contributed by atoms with E-state index < -0.39 is 0 Å². The van der Waals surface area contributed by atoms with E-state index in [0.29, 0.717) is 0 Å². The lowest BCUT2D eigenvalue weighted by molar-refractivity contribution is 0.165. The predicted octanol–water partition coefficient (Wildman–Crippen LogP) is 2.78. The summed E-state index contributed by atoms with van der Waals surface area (Å²) >= 11 is 0. The maximum atomic E-state index is 6.39. The van der Waals surface area contributed by atoms with Crippen LogP contribution in [-0.4, -0.2) is 27.5 Å². The third-order valence-electron chi connectivity index (χ3n) is 3.80. The Morgan fingerprint density at radius 3 is 2.43 bits per heavy atom. The minimum absolute atomic E-state index is 0.0710. The van der Waals surface area contributed by atoms with Gasteiger partial charge in [-0.05, 0) is 42.8 Å². The van der Waals surface area contributed by atoms with E-state index in [9.17, 15) is 0 Å². The van der Waals surface area contributed by atoms with Crippen molar-refractivity contribution in [3.8, 4) is 0 Å². The first-order valence-corrected chi connectivity index (χ1v) is 7.55. The Morgan fingerprint density at radius 2 is 1.86 bits per heavy atom. The summed E-state index contributed by atoms with van der Waals surface area (Å²) in [7, 11) is 0. The quantitative estimate of drug-likeness (QED) is 0.849. The molecule has 0 saturated carbocycles. The number of likely N-dealkylation sites (N-methyl/N-ethyl adjacent to an activating group) is 1. The summed E-state index contributed by atoms with van der Waals surface area (Å²) < 4.78 is 0. The smallest absolute Gasteiger partial charge is 0.0676 e. The van der Waals surface area contributed by atoms with Crippen LogP contribution in [0.15, 0.2) is 48.9 Å². The highest BCUT2D eigenvalue weighted by Crippen LogP contribution is 2.25. The Balaban J connectivity index is 2.25. The lowest BCUT2D eigenvalue weighted by atomic mass is 10.00. The van der Waals surface area contributed by atoms with Crippen LogP contribution in [0.4, 0.5) is 0 Å². The zero-order valence-electron chi connectivity index (χ0n) is 12.8. The van der Waals surface area contributed by atoms with Gasteiger partial charge in [0.05, 0.1) is 11.7 Å². The Labute approximate surface area is 127 Å². The van der Waals surface area contributed by atoms with Crippen molar-refractivity contribution in [2.24, 2.45) is 5.73 Å². The molecule has 0 amide bonds. The third kappa shape index (κ3) is 4.09. The molecule has 0 aliphatic heterocycles. The van der Waals surface area contributed by atoms with Gasteiger partial charge in [-0.3, -0.25) is 14.9 Å². The second-order valence-electron chi connectivity index (χ2n) is 5.19. The molecule has 0 aliphatic carbocycles. The van der Waals surface area contributed by atoms with Gasteiger partial charge in [0, 0.05) is 31.2 Å². The second-order valence-corrected chi connectivity index (χ2v) is 5.19. The van der Waals surface area contributed by atoms with Crippen molar-refractivity contribution in [3.05, 3.63) is 60.2 Å². The van der Waals surface area contributed by atoms with E-state index in [0.717, 1.165) is 25.2 Å². The zero-order chi connectivity index (χ0) is 15.1. The number of nitrogens with two attached hydrogens (primary N) is 1.